The van der Waals surface area contributed by atoms with Crippen molar-refractivity contribution < 1.29 is 5.21 Å². The Morgan fingerprint density at radius 3 is 3.11 bits per heavy atom. The summed E-state index contributed by atoms with van der Waals surface area (Å²) in [6, 6.07) is 0. The Hall–Kier alpha value is -1.32. The summed E-state index contributed by atoms with van der Waals surface area (Å²) in [6.07, 6.45) is 3.50. The predicted octanol–water partition coefficient (Wildman–Crippen LogP) is 0.244. The highest BCUT2D eigenvalue weighted by Crippen LogP contribution is 1.87. The van der Waals surface area contributed by atoms with E-state index in [0.29, 0.717) is 17.1 Å². The number of hydrogen-bond donors (Lipinski definition) is 1. The Labute approximate surface area is 52.4 Å². The summed E-state index contributed by atoms with van der Waals surface area (Å²) in [7, 11) is 0. The molecule has 1 rings (SSSR count). The van der Waals surface area contributed by atoms with Gasteiger partial charge in [-0.25, -0.2) is 4.98 Å². The molecular formula is C5H7N3O. The zero-order valence-electron chi connectivity index (χ0n) is 4.86. The monoisotopic (exact) mass is 125 g/mol. The smallest absolute Gasteiger partial charge is 0.157 e. The Morgan fingerprint density at radius 1 is 1.89 bits per heavy atom. The van der Waals surface area contributed by atoms with E-state index in [1.54, 1.807) is 6.08 Å². The highest BCUT2D eigenvalue weighted by molar-refractivity contribution is 4.88. The van der Waals surface area contributed by atoms with Crippen LogP contribution in [0.25, 0.3) is 0 Å². The highest BCUT2D eigenvalue weighted by Gasteiger charge is 1.93. The lowest BCUT2D eigenvalue weighted by atomic mass is 10.4. The Bertz CT molecular complexity index is 206. The lowest BCUT2D eigenvalue weighted by Crippen LogP contribution is -1.91. The van der Waals surface area contributed by atoms with Gasteiger partial charge in [-0.05, 0) is 0 Å². The van der Waals surface area contributed by atoms with Gasteiger partial charge in [0.05, 0.1) is 0 Å². The van der Waals surface area contributed by atoms with Gasteiger partial charge in [-0.15, -0.1) is 11.7 Å². The first-order valence-electron chi connectivity index (χ1n) is 2.53. The largest absolute Gasteiger partial charge is 0.410 e. The first-order chi connectivity index (χ1) is 4.33. The minimum atomic E-state index is 0.576. The average Bonchev–Trinajstić information content (AvgIpc) is 2.17. The van der Waals surface area contributed by atoms with Crippen LogP contribution in [0.5, 0.6) is 0 Å². The van der Waals surface area contributed by atoms with E-state index in [9.17, 15) is 0 Å². The first kappa shape index (κ1) is 5.81. The zero-order chi connectivity index (χ0) is 6.69. The molecule has 0 atom stereocenters. The second-order valence-electron chi connectivity index (χ2n) is 1.57. The van der Waals surface area contributed by atoms with E-state index in [4.69, 9.17) is 5.21 Å². The summed E-state index contributed by atoms with van der Waals surface area (Å²) in [6.45, 7) is 3.49. The molecule has 0 aliphatic rings. The van der Waals surface area contributed by atoms with Gasteiger partial charge in [0.15, 0.2) is 12.2 Å². The molecule has 0 unspecified atom stereocenters. The summed E-state index contributed by atoms with van der Waals surface area (Å²) in [5, 5.41) is 12.2. The quantitative estimate of drug-likeness (QED) is 0.455. The van der Waals surface area contributed by atoms with Gasteiger partial charge in [0.25, 0.3) is 0 Å². The molecule has 0 fully saturated rings. The van der Waals surface area contributed by atoms with Crippen LogP contribution in [0.3, 0.4) is 0 Å². The molecule has 4 heteroatoms. The van der Waals surface area contributed by atoms with Crippen molar-refractivity contribution in [1.82, 2.24) is 14.9 Å². The van der Waals surface area contributed by atoms with E-state index in [-0.39, 0.29) is 0 Å². The molecule has 0 aromatic carbocycles. The van der Waals surface area contributed by atoms with Crippen LogP contribution in [0.2, 0.25) is 0 Å². The molecule has 0 bridgehead atoms. The van der Waals surface area contributed by atoms with E-state index in [2.05, 4.69) is 16.7 Å². The van der Waals surface area contributed by atoms with Crippen LogP contribution >= 0.6 is 0 Å². The molecule has 0 saturated carbocycles. The van der Waals surface area contributed by atoms with Gasteiger partial charge in [-0.2, -0.15) is 0 Å². The number of hydrogen-bond acceptors (Lipinski definition) is 3. The molecule has 1 aromatic rings. The van der Waals surface area contributed by atoms with Crippen molar-refractivity contribution in [2.75, 3.05) is 0 Å². The van der Waals surface area contributed by atoms with Crippen LogP contribution in [0.15, 0.2) is 19.0 Å². The fourth-order valence-electron chi connectivity index (χ4n) is 0.511. The maximum Gasteiger partial charge on any atom is 0.157 e. The summed E-state index contributed by atoms with van der Waals surface area (Å²) in [5.74, 6) is 0.576. The number of rotatable bonds is 2. The summed E-state index contributed by atoms with van der Waals surface area (Å²) in [4.78, 5) is 4.42. The van der Waals surface area contributed by atoms with Crippen molar-refractivity contribution in [2.45, 2.75) is 6.42 Å². The van der Waals surface area contributed by atoms with Crippen LogP contribution in [0.4, 0.5) is 0 Å². The maximum atomic E-state index is 8.59. The SMILES string of the molecule is C=CCc1ncn(O)n1. The number of allylic oxidation sites excluding steroid dienone is 1. The van der Waals surface area contributed by atoms with Crippen LogP contribution in [-0.2, 0) is 6.42 Å². The van der Waals surface area contributed by atoms with E-state index in [1.807, 2.05) is 0 Å². The van der Waals surface area contributed by atoms with E-state index < -0.39 is 0 Å². The molecule has 1 heterocycles. The van der Waals surface area contributed by atoms with Gasteiger partial charge in [-0.1, -0.05) is 10.9 Å². The van der Waals surface area contributed by atoms with Gasteiger partial charge in [0.1, 0.15) is 0 Å². The molecule has 0 spiro atoms. The second-order valence-corrected chi connectivity index (χ2v) is 1.57. The van der Waals surface area contributed by atoms with Crippen molar-refractivity contribution in [3.05, 3.63) is 24.8 Å². The number of nitrogens with zero attached hydrogens (tertiary/aromatic N) is 3. The maximum absolute atomic E-state index is 8.59. The second kappa shape index (κ2) is 2.30. The van der Waals surface area contributed by atoms with Crippen molar-refractivity contribution in [2.24, 2.45) is 0 Å². The highest BCUT2D eigenvalue weighted by atomic mass is 16.5. The Kier molecular flexibility index (Phi) is 1.48. The normalized spacial score (nSPS) is 9.33. The molecule has 4 nitrogen and oxygen atoms in total. The molecule has 1 N–H and O–H groups in total. The first-order valence-corrected chi connectivity index (χ1v) is 2.53. The fourth-order valence-corrected chi connectivity index (χ4v) is 0.511. The van der Waals surface area contributed by atoms with Gasteiger partial charge in [-0.3, -0.25) is 0 Å². The Morgan fingerprint density at radius 2 is 2.67 bits per heavy atom. The van der Waals surface area contributed by atoms with E-state index in [0.717, 1.165) is 0 Å². The van der Waals surface area contributed by atoms with E-state index in [1.165, 1.54) is 6.33 Å². The summed E-state index contributed by atoms with van der Waals surface area (Å²) in [5.41, 5.74) is 0. The minimum Gasteiger partial charge on any atom is -0.410 e. The molecular weight excluding hydrogens is 118 g/mol. The third-order valence-corrected chi connectivity index (χ3v) is 0.855. The molecule has 0 saturated heterocycles. The van der Waals surface area contributed by atoms with E-state index >= 15 is 0 Å². The summed E-state index contributed by atoms with van der Waals surface area (Å²) >= 11 is 0. The van der Waals surface area contributed by atoms with Crippen molar-refractivity contribution >= 4 is 0 Å². The molecule has 0 aliphatic heterocycles. The van der Waals surface area contributed by atoms with Gasteiger partial charge in [0.2, 0.25) is 0 Å². The minimum absolute atomic E-state index is 0.576. The van der Waals surface area contributed by atoms with Crippen LogP contribution in [0.1, 0.15) is 5.82 Å². The standard InChI is InChI=1S/C5H7N3O/c1-2-3-5-6-4-8(9)7-5/h2,4,9H,1,3H2. The molecule has 1 aromatic heterocycles. The predicted molar refractivity (Wildman–Crippen MR) is 31.1 cm³/mol. The van der Waals surface area contributed by atoms with Crippen LogP contribution in [0, 0.1) is 0 Å². The Balaban J connectivity index is 2.72. The topological polar surface area (TPSA) is 50.9 Å². The molecule has 9 heavy (non-hydrogen) atoms. The third-order valence-electron chi connectivity index (χ3n) is 0.855. The molecule has 48 valence electrons. The van der Waals surface area contributed by atoms with Crippen LogP contribution in [-0.4, -0.2) is 20.1 Å². The fraction of sp³-hybridized carbons (Fsp3) is 0.200. The molecule has 0 radical (unpaired) electrons. The lowest BCUT2D eigenvalue weighted by molar-refractivity contribution is 0.147. The zero-order valence-corrected chi connectivity index (χ0v) is 4.86. The molecule has 0 aliphatic carbocycles. The lowest BCUT2D eigenvalue weighted by Gasteiger charge is -1.81. The van der Waals surface area contributed by atoms with Gasteiger partial charge < -0.3 is 5.21 Å². The van der Waals surface area contributed by atoms with Gasteiger partial charge >= 0.3 is 0 Å². The van der Waals surface area contributed by atoms with Crippen LogP contribution < -0.4 is 0 Å². The van der Waals surface area contributed by atoms with Crippen molar-refractivity contribution in [1.29, 1.82) is 0 Å². The third kappa shape index (κ3) is 1.28. The van der Waals surface area contributed by atoms with Gasteiger partial charge in [0, 0.05) is 6.42 Å². The summed E-state index contributed by atoms with van der Waals surface area (Å²) < 4.78 is 0. The van der Waals surface area contributed by atoms with Crippen molar-refractivity contribution in [3.8, 4) is 0 Å². The van der Waals surface area contributed by atoms with Crippen molar-refractivity contribution in [3.63, 3.8) is 0 Å². The molecule has 0 amide bonds. The number of aromatic nitrogens is 3. The average molecular weight is 125 g/mol.